The van der Waals surface area contributed by atoms with Crippen molar-refractivity contribution >= 4 is 74.9 Å². The molecule has 8 amide bonds. The first-order valence-corrected chi connectivity index (χ1v) is 35.5. The second kappa shape index (κ2) is 53.5. The fourth-order valence-electron chi connectivity index (χ4n) is 10.4. The Balaban J connectivity index is 3.39. The first-order chi connectivity index (χ1) is 50.0. The predicted molar refractivity (Wildman–Crippen MR) is 370 cm³/mol. The molecule has 0 aromatic heterocycles. The number of Topliss-reactive ketones (excluding diaryl/α,β-unsaturated/α-hetero) is 1. The maximum absolute atomic E-state index is 14.3. The van der Waals surface area contributed by atoms with E-state index in [1.54, 1.807) is 30.3 Å². The Labute approximate surface area is 619 Å². The minimum atomic E-state index is -2.12. The highest BCUT2D eigenvalue weighted by atomic mass is 79.9. The number of carboxylic acid groups (broad SMARTS) is 1. The molecule has 0 unspecified atom stereocenters. The van der Waals surface area contributed by atoms with Crippen molar-refractivity contribution in [2.24, 2.45) is 0 Å². The minimum absolute atomic E-state index is 0.00497. The fourth-order valence-corrected chi connectivity index (χ4v) is 10.5. The van der Waals surface area contributed by atoms with Gasteiger partial charge in [0.25, 0.3) is 0 Å². The molecule has 0 saturated heterocycles. The van der Waals surface area contributed by atoms with Gasteiger partial charge in [-0.3, -0.25) is 53.0 Å². The molecule has 0 spiro atoms. The second-order valence-corrected chi connectivity index (χ2v) is 26.1. The molecule has 20 atom stereocenters. The summed E-state index contributed by atoms with van der Waals surface area (Å²) in [6.07, 6.45) is -34.1. The zero-order valence-corrected chi connectivity index (χ0v) is 60.4. The lowest BCUT2D eigenvalue weighted by Gasteiger charge is -2.33. The summed E-state index contributed by atoms with van der Waals surface area (Å²) in [6.45, 7) is -7.48. The van der Waals surface area contributed by atoms with Gasteiger partial charge in [-0.05, 0) is 83.4 Å². The van der Waals surface area contributed by atoms with E-state index in [-0.39, 0.29) is 102 Å². The molecule has 0 bridgehead atoms. The van der Waals surface area contributed by atoms with E-state index in [9.17, 15) is 155 Å². The number of rotatable bonds is 59. The number of unbranched alkanes of at least 4 members (excludes halogenated alkanes) is 3. The smallest absolute Gasteiger partial charge is 0.326 e. The summed E-state index contributed by atoms with van der Waals surface area (Å²) in [5.41, 5.74) is 0.688. The summed E-state index contributed by atoms with van der Waals surface area (Å²) >= 11 is 2.99. The van der Waals surface area contributed by atoms with Crippen LogP contribution in [0.4, 0.5) is 0 Å². The van der Waals surface area contributed by atoms with Crippen molar-refractivity contribution in [2.45, 2.75) is 206 Å². The van der Waals surface area contributed by atoms with Crippen LogP contribution in [0.1, 0.15) is 83.1 Å². The molecular weight excluding hydrogens is 1480 g/mol. The monoisotopic (exact) mass is 1590 g/mol. The number of hydrogen-bond acceptors (Lipinski definition) is 32. The summed E-state index contributed by atoms with van der Waals surface area (Å²) in [7, 11) is 0. The molecule has 610 valence electrons. The van der Waals surface area contributed by atoms with Crippen LogP contribution in [0.2, 0.25) is 0 Å². The predicted octanol–water partition coefficient (Wildman–Crippen LogP) is -13.7. The van der Waals surface area contributed by atoms with E-state index < -0.39 is 254 Å². The molecule has 0 heterocycles. The number of hydrogen-bond donors (Lipinski definition) is 29. The zero-order chi connectivity index (χ0) is 80.3. The van der Waals surface area contributed by atoms with Crippen LogP contribution in [-0.2, 0) is 54.4 Å². The van der Waals surface area contributed by atoms with Crippen LogP contribution >= 0.6 is 15.9 Å². The van der Waals surface area contributed by atoms with Gasteiger partial charge in [0, 0.05) is 52.0 Å². The van der Waals surface area contributed by atoms with E-state index in [4.69, 9.17) is 0 Å². The molecule has 41 nitrogen and oxygen atoms in total. The number of carbonyl (C=O) groups is 10. The first kappa shape index (κ1) is 97.7. The van der Waals surface area contributed by atoms with Gasteiger partial charge in [0.05, 0.1) is 75.8 Å². The number of ketones is 1. The largest absolute Gasteiger partial charge is 0.480 e. The maximum Gasteiger partial charge on any atom is 0.326 e. The van der Waals surface area contributed by atoms with E-state index in [0.29, 0.717) is 5.56 Å². The van der Waals surface area contributed by atoms with Gasteiger partial charge in [-0.25, -0.2) is 4.79 Å². The lowest BCUT2D eigenvalue weighted by Crippen LogP contribution is -2.56. The standard InChI is InChI=1S/C64H111BrN10O31/c1-34(80)23-69-61(102)39(21-35-11-3-2-4-12-35)71-52(93)25-68-51(92)24-67-49(90)17-16-48(89)66-18-8-5-13-37(63(104)73-38(64(105)106)15-7-10-20-75(28-42(83)55(96)59(100)46(87)32-78)29-43(84)56(97)60(101)47(88)33-79)72-62(103)36(70-50(91)22-65)14-6-9-19-74(26-40(81)53(94)57(98)44(85)30-76)27-41(82)54(95)58(99)45(86)31-77/h2-4,11-12,36-47,53-60,76-79,81-88,94-101H,5-10,13-33H2,1H3,(H,66,89)(H,67,90)(H,68,92)(H,69,102)(H,70,91)(H,71,93)(H,72,103)(H,73,104)(H,105,106)/t36-,37-,38-,39-,40-,41-,42-,43-,44+,45+,46+,47+,53+,54+,55+,56+,57+,58+,59+,60+/m0/s1. The third-order valence-electron chi connectivity index (χ3n) is 16.7. The van der Waals surface area contributed by atoms with Crippen LogP contribution in [-0.4, -0.2) is 395 Å². The van der Waals surface area contributed by atoms with Gasteiger partial charge in [0.2, 0.25) is 47.3 Å². The van der Waals surface area contributed by atoms with Gasteiger partial charge >= 0.3 is 5.97 Å². The number of aliphatic hydroxyl groups is 20. The van der Waals surface area contributed by atoms with Gasteiger partial charge in [-0.15, -0.1) is 0 Å². The molecule has 1 rings (SSSR count). The molecule has 1 aromatic rings. The van der Waals surface area contributed by atoms with Gasteiger partial charge in [0.15, 0.2) is 0 Å². The quantitative estimate of drug-likeness (QED) is 0.0213. The van der Waals surface area contributed by atoms with Gasteiger partial charge < -0.3 is 150 Å². The lowest BCUT2D eigenvalue weighted by atomic mass is 10.0. The number of amides is 8. The van der Waals surface area contributed by atoms with E-state index in [1.165, 1.54) is 16.7 Å². The Morgan fingerprint density at radius 3 is 1.12 bits per heavy atom. The Hall–Kier alpha value is -6.28. The molecule has 0 aliphatic heterocycles. The molecule has 0 aliphatic carbocycles. The zero-order valence-electron chi connectivity index (χ0n) is 58.8. The van der Waals surface area contributed by atoms with Crippen LogP contribution in [0, 0.1) is 0 Å². The van der Waals surface area contributed by atoms with Crippen molar-refractivity contribution in [3.05, 3.63) is 35.9 Å². The molecule has 0 radical (unpaired) electrons. The number of benzene rings is 1. The average molecular weight is 1600 g/mol. The van der Waals surface area contributed by atoms with Gasteiger partial charge in [0.1, 0.15) is 103 Å². The number of nitrogens with zero attached hydrogens (tertiary/aromatic N) is 2. The highest BCUT2D eigenvalue weighted by Gasteiger charge is 2.38. The average Bonchev–Trinajstić information content (AvgIpc) is 0.879. The van der Waals surface area contributed by atoms with Crippen LogP contribution in [0.5, 0.6) is 0 Å². The Morgan fingerprint density at radius 2 is 0.726 bits per heavy atom. The normalized spacial score (nSPS) is 17.4. The summed E-state index contributed by atoms with van der Waals surface area (Å²) in [5.74, 6) is -8.39. The summed E-state index contributed by atoms with van der Waals surface area (Å²) in [6, 6.07) is 2.69. The van der Waals surface area contributed by atoms with Crippen molar-refractivity contribution in [2.75, 3.05) is 97.2 Å². The lowest BCUT2D eigenvalue weighted by molar-refractivity contribution is -0.142. The molecule has 0 fully saturated rings. The van der Waals surface area contributed by atoms with Gasteiger partial charge in [-0.2, -0.15) is 0 Å². The number of alkyl halides is 1. The number of nitrogens with one attached hydrogen (secondary N) is 8. The highest BCUT2D eigenvalue weighted by molar-refractivity contribution is 9.09. The van der Waals surface area contributed by atoms with E-state index in [2.05, 4.69) is 58.5 Å². The van der Waals surface area contributed by atoms with Crippen molar-refractivity contribution in [1.82, 2.24) is 52.3 Å². The van der Waals surface area contributed by atoms with Crippen LogP contribution < -0.4 is 42.5 Å². The number of carbonyl (C=O) groups excluding carboxylic acids is 9. The topological polar surface area (TPSA) is 698 Å². The summed E-state index contributed by atoms with van der Waals surface area (Å²) < 4.78 is 0. The maximum atomic E-state index is 14.3. The molecule has 0 saturated carbocycles. The molecule has 42 heteroatoms. The fraction of sp³-hybridized carbons (Fsp3) is 0.750. The molecule has 106 heavy (non-hydrogen) atoms. The van der Waals surface area contributed by atoms with Crippen molar-refractivity contribution in [3.63, 3.8) is 0 Å². The SMILES string of the molecule is CC(=O)CNC(=O)[C@H](Cc1ccccc1)NC(=O)CNC(=O)CNC(=O)CCC(=O)NCCCC[C@H](NC(=O)[C@H](CCCCN(C[C@H](O)[C@@H](O)[C@H](O)[C@H](O)CO)C[C@H](O)[C@@H](O)[C@H](O)[C@H](O)CO)NC(=O)CBr)C(=O)N[C@@H](CCCCN(C[C@H](O)[C@@H](O)[C@H](O)[C@H](O)CO)C[C@H](O)[C@@H](O)[C@H](O)[C@H](O)CO)C(=O)O. The highest BCUT2D eigenvalue weighted by Crippen LogP contribution is 2.17. The Bertz CT molecular complexity index is 2710. The minimum Gasteiger partial charge on any atom is -0.480 e. The summed E-state index contributed by atoms with van der Waals surface area (Å²) in [5, 5.41) is 232. The number of carboxylic acids is 1. The van der Waals surface area contributed by atoms with Crippen LogP contribution in [0.25, 0.3) is 0 Å². The van der Waals surface area contributed by atoms with Crippen molar-refractivity contribution < 1.29 is 155 Å². The Morgan fingerprint density at radius 1 is 0.377 bits per heavy atom. The third kappa shape index (κ3) is 38.7. The first-order valence-electron chi connectivity index (χ1n) is 34.3. The van der Waals surface area contributed by atoms with Gasteiger partial charge in [-0.1, -0.05) is 46.3 Å². The van der Waals surface area contributed by atoms with Crippen molar-refractivity contribution in [1.29, 1.82) is 0 Å². The van der Waals surface area contributed by atoms with E-state index in [1.807, 2.05) is 0 Å². The second-order valence-electron chi connectivity index (χ2n) is 25.5. The molecule has 0 aliphatic rings. The number of aliphatic carboxylic acids is 1. The number of halogens is 1. The van der Waals surface area contributed by atoms with E-state index in [0.717, 1.165) is 0 Å². The summed E-state index contributed by atoms with van der Waals surface area (Å²) in [4.78, 5) is 132. The molecular formula is C64H111BrN10O31. The Kier molecular flexibility index (Phi) is 49.3. The van der Waals surface area contributed by atoms with Crippen LogP contribution in [0.15, 0.2) is 30.3 Å². The third-order valence-corrected chi connectivity index (χ3v) is 17.2. The van der Waals surface area contributed by atoms with Crippen LogP contribution in [0.3, 0.4) is 0 Å². The van der Waals surface area contributed by atoms with Crippen molar-refractivity contribution in [3.8, 4) is 0 Å². The van der Waals surface area contributed by atoms with E-state index >= 15 is 0 Å². The molecule has 29 N–H and O–H groups in total. The number of aliphatic hydroxyl groups excluding tert-OH is 20. The molecule has 1 aromatic carbocycles.